The smallest absolute Gasteiger partial charge is 0.433 e. The molecule has 5 aromatic rings. The first-order valence-electron chi connectivity index (χ1n) is 21.8. The van der Waals surface area contributed by atoms with Gasteiger partial charge in [0.15, 0.2) is 0 Å². The van der Waals surface area contributed by atoms with Crippen molar-refractivity contribution in [2.24, 2.45) is 24.3 Å². The average molecular weight is 855 g/mol. The number of amides is 3. The van der Waals surface area contributed by atoms with Crippen LogP contribution in [0.1, 0.15) is 111 Å². The first-order chi connectivity index (χ1) is 29.7. The second-order valence-corrected chi connectivity index (χ2v) is 18.4. The number of alkyl halides is 3. The van der Waals surface area contributed by atoms with Gasteiger partial charge in [-0.15, -0.1) is 0 Å². The molecule has 328 valence electrons. The van der Waals surface area contributed by atoms with Crippen LogP contribution in [-0.2, 0) is 29.2 Å². The molecule has 4 fully saturated rings. The van der Waals surface area contributed by atoms with E-state index in [4.69, 9.17) is 9.84 Å². The van der Waals surface area contributed by atoms with Crippen LogP contribution in [0.2, 0.25) is 0 Å². The maximum absolute atomic E-state index is 13.4. The number of aromatic nitrogens is 5. The van der Waals surface area contributed by atoms with Crippen LogP contribution in [0.5, 0.6) is 5.75 Å². The van der Waals surface area contributed by atoms with Crippen LogP contribution >= 0.6 is 0 Å². The highest BCUT2D eigenvalue weighted by Crippen LogP contribution is 2.56. The van der Waals surface area contributed by atoms with Crippen LogP contribution in [0, 0.1) is 17.3 Å². The van der Waals surface area contributed by atoms with Gasteiger partial charge in [0, 0.05) is 43.7 Å². The number of hydrogen-bond donors (Lipinski definition) is 2. The Morgan fingerprint density at radius 3 is 2.44 bits per heavy atom. The number of methoxy groups -OCH3 is 1. The van der Waals surface area contributed by atoms with E-state index in [0.717, 1.165) is 72.8 Å². The number of piperidine rings is 1. The first-order valence-corrected chi connectivity index (χ1v) is 21.8. The highest BCUT2D eigenvalue weighted by Gasteiger charge is 2.46. The lowest BCUT2D eigenvalue weighted by Gasteiger charge is -2.53. The summed E-state index contributed by atoms with van der Waals surface area (Å²) in [7, 11) is 5.53. The molecule has 1 spiro atoms. The van der Waals surface area contributed by atoms with Gasteiger partial charge in [-0.25, -0.2) is 9.78 Å². The topological polar surface area (TPSA) is 145 Å². The Bertz CT molecular complexity index is 2590. The number of fused-ring (bicyclic) bond motifs is 2. The molecular formula is C46H53F3N8O5. The van der Waals surface area contributed by atoms with Gasteiger partial charge in [-0.2, -0.15) is 18.3 Å². The summed E-state index contributed by atoms with van der Waals surface area (Å²) in [5.74, 6) is 0.0466. The van der Waals surface area contributed by atoms with Gasteiger partial charge >= 0.3 is 11.9 Å². The Hall–Kier alpha value is -5.51. The molecule has 2 aromatic carbocycles. The molecule has 1 unspecified atom stereocenters. The van der Waals surface area contributed by atoms with E-state index in [9.17, 15) is 32.3 Å². The number of benzene rings is 2. The SMILES string of the molecule is COc1cc2nn([C@H]3CC[C@H](CN(C)[C@H]4CCC5(CC4)C[C@@H](Cc4cccc6c4n(C)c(=O)n6C4CCC(=O)NC4=O)C5)CC3)cc2cc1NC(=O)c1cccc(C(F)(F)F)n1. The predicted octanol–water partition coefficient (Wildman–Crippen LogP) is 7.59. The molecule has 3 aliphatic carbocycles. The van der Waals surface area contributed by atoms with Crippen LogP contribution in [0.4, 0.5) is 18.9 Å². The summed E-state index contributed by atoms with van der Waals surface area (Å²) >= 11 is 0. The molecule has 16 heteroatoms. The lowest BCUT2D eigenvalue weighted by molar-refractivity contribution is -0.141. The molecule has 3 aromatic heterocycles. The van der Waals surface area contributed by atoms with E-state index in [1.54, 1.807) is 28.3 Å². The largest absolute Gasteiger partial charge is 0.494 e. The van der Waals surface area contributed by atoms with Gasteiger partial charge in [-0.3, -0.25) is 33.5 Å². The number of pyridine rings is 1. The van der Waals surface area contributed by atoms with E-state index in [-0.39, 0.29) is 29.8 Å². The fourth-order valence-electron chi connectivity index (χ4n) is 11.2. The third kappa shape index (κ3) is 8.01. The third-order valence-corrected chi connectivity index (χ3v) is 14.4. The number of aryl methyl sites for hydroxylation is 1. The summed E-state index contributed by atoms with van der Waals surface area (Å²) < 4.78 is 50.4. The fourth-order valence-corrected chi connectivity index (χ4v) is 11.2. The zero-order valence-electron chi connectivity index (χ0n) is 35.3. The number of nitrogens with one attached hydrogen (secondary N) is 2. The van der Waals surface area contributed by atoms with Gasteiger partial charge in [-0.1, -0.05) is 18.2 Å². The lowest BCUT2D eigenvalue weighted by atomic mass is 9.54. The van der Waals surface area contributed by atoms with Crippen molar-refractivity contribution in [1.29, 1.82) is 0 Å². The van der Waals surface area contributed by atoms with Crippen molar-refractivity contribution in [2.75, 3.05) is 26.0 Å². The maximum atomic E-state index is 13.4. The second kappa shape index (κ2) is 16.3. The molecule has 0 bridgehead atoms. The second-order valence-electron chi connectivity index (χ2n) is 18.4. The number of para-hydroxylation sites is 1. The molecule has 4 heterocycles. The minimum Gasteiger partial charge on any atom is -0.494 e. The number of halogens is 3. The molecule has 1 aliphatic heterocycles. The van der Waals surface area contributed by atoms with Crippen molar-refractivity contribution in [3.63, 3.8) is 0 Å². The molecule has 3 amide bonds. The molecule has 3 saturated carbocycles. The molecule has 62 heavy (non-hydrogen) atoms. The predicted molar refractivity (Wildman–Crippen MR) is 227 cm³/mol. The van der Waals surface area contributed by atoms with Crippen LogP contribution < -0.4 is 21.1 Å². The van der Waals surface area contributed by atoms with Crippen molar-refractivity contribution in [3.8, 4) is 5.75 Å². The Morgan fingerprint density at radius 2 is 1.73 bits per heavy atom. The number of imidazole rings is 1. The van der Waals surface area contributed by atoms with E-state index in [2.05, 4.69) is 33.6 Å². The van der Waals surface area contributed by atoms with Crippen molar-refractivity contribution in [3.05, 3.63) is 82.2 Å². The van der Waals surface area contributed by atoms with Crippen LogP contribution in [-0.4, -0.2) is 73.3 Å². The summed E-state index contributed by atoms with van der Waals surface area (Å²) in [6, 6.07) is 12.8. The van der Waals surface area contributed by atoms with Gasteiger partial charge in [0.05, 0.1) is 35.4 Å². The number of rotatable bonds is 10. The lowest BCUT2D eigenvalue weighted by Crippen LogP contribution is -2.46. The quantitative estimate of drug-likeness (QED) is 0.137. The molecule has 1 saturated heterocycles. The summed E-state index contributed by atoms with van der Waals surface area (Å²) in [5.41, 5.74) is 2.51. The number of carbonyl (C=O) groups excluding carboxylic acids is 3. The number of carbonyl (C=O) groups is 3. The Kier molecular flexibility index (Phi) is 11.0. The van der Waals surface area contributed by atoms with Crippen LogP contribution in [0.25, 0.3) is 21.9 Å². The molecule has 9 rings (SSSR count). The molecular weight excluding hydrogens is 802 g/mol. The zero-order chi connectivity index (χ0) is 43.5. The van der Waals surface area contributed by atoms with Gasteiger partial charge < -0.3 is 15.0 Å². The standard InChI is InChI=1S/C46H53F3N8O5/c1-54(31-16-18-45(19-17-31)23-28(24-45)20-29-6-4-8-36-41(29)55(2)44(61)57(36)37-14-15-40(58)52-43(37)60)25-27-10-12-32(13-11-27)56-26-30-21-35(38(62-3)22-34(30)53-56)51-42(59)33-7-5-9-39(50-33)46(47,48)49/h4-9,21-22,26-28,31-32,37H,10-20,23-25H2,1-3H3,(H,51,59)(H,52,58,60)/t27-,28-,31-,32-,37?,45?. The summed E-state index contributed by atoms with van der Waals surface area (Å²) in [6.45, 7) is 1.08. The van der Waals surface area contributed by atoms with E-state index >= 15 is 0 Å². The fraction of sp³-hybridized carbons (Fsp3) is 0.522. The van der Waals surface area contributed by atoms with Crippen molar-refractivity contribution in [2.45, 2.75) is 108 Å². The number of anilines is 1. The Balaban J connectivity index is 0.755. The molecule has 0 radical (unpaired) electrons. The third-order valence-electron chi connectivity index (χ3n) is 14.4. The monoisotopic (exact) mass is 854 g/mol. The van der Waals surface area contributed by atoms with E-state index in [1.807, 2.05) is 23.0 Å². The van der Waals surface area contributed by atoms with E-state index in [1.165, 1.54) is 51.7 Å². The first kappa shape index (κ1) is 41.8. The van der Waals surface area contributed by atoms with Crippen molar-refractivity contribution < 1.29 is 32.3 Å². The van der Waals surface area contributed by atoms with Crippen LogP contribution in [0.3, 0.4) is 0 Å². The molecule has 13 nitrogen and oxygen atoms in total. The van der Waals surface area contributed by atoms with E-state index < -0.39 is 29.7 Å². The average Bonchev–Trinajstić information content (AvgIpc) is 3.77. The van der Waals surface area contributed by atoms with Crippen molar-refractivity contribution >= 4 is 45.3 Å². The van der Waals surface area contributed by atoms with Gasteiger partial charge in [-0.05, 0) is 131 Å². The molecule has 1 atom stereocenters. The highest BCUT2D eigenvalue weighted by molar-refractivity contribution is 6.05. The molecule has 4 aliphatic rings. The van der Waals surface area contributed by atoms with Crippen molar-refractivity contribution in [1.82, 2.24) is 34.1 Å². The normalized spacial score (nSPS) is 25.6. The maximum Gasteiger partial charge on any atom is 0.433 e. The highest BCUT2D eigenvalue weighted by atomic mass is 19.4. The van der Waals surface area contributed by atoms with Crippen LogP contribution in [0.15, 0.2) is 59.5 Å². The molecule has 2 N–H and O–H groups in total. The summed E-state index contributed by atoms with van der Waals surface area (Å²) in [6.07, 6.45) is 10.3. The van der Waals surface area contributed by atoms with Gasteiger partial charge in [0.2, 0.25) is 11.8 Å². The van der Waals surface area contributed by atoms with Gasteiger partial charge in [0.25, 0.3) is 5.91 Å². The minimum absolute atomic E-state index is 0.221. The summed E-state index contributed by atoms with van der Waals surface area (Å²) in [4.78, 5) is 56.9. The number of nitrogens with zero attached hydrogens (tertiary/aromatic N) is 6. The van der Waals surface area contributed by atoms with E-state index in [0.29, 0.717) is 46.7 Å². The number of hydrogen-bond acceptors (Lipinski definition) is 8. The Labute approximate surface area is 357 Å². The number of ether oxygens (including phenoxy) is 1. The minimum atomic E-state index is -4.66. The van der Waals surface area contributed by atoms with Gasteiger partial charge in [0.1, 0.15) is 23.2 Å². The zero-order valence-corrected chi connectivity index (χ0v) is 35.3. The number of imide groups is 1. The Morgan fingerprint density at radius 1 is 0.984 bits per heavy atom. The summed E-state index contributed by atoms with van der Waals surface area (Å²) in [5, 5.41) is 10.7.